The first kappa shape index (κ1) is 20.9. The van der Waals surface area contributed by atoms with Crippen molar-refractivity contribution in [2.45, 2.75) is 0 Å². The van der Waals surface area contributed by atoms with Crippen LogP contribution in [0.3, 0.4) is 0 Å². The predicted molar refractivity (Wildman–Crippen MR) is 113 cm³/mol. The zero-order chi connectivity index (χ0) is 21.0. The molecular formula is C20H16BrNO6S. The van der Waals surface area contributed by atoms with E-state index in [2.05, 4.69) is 20.7 Å². The number of para-hydroxylation sites is 1. The van der Waals surface area contributed by atoms with Gasteiger partial charge in [0.05, 0.1) is 29.3 Å². The molecule has 0 atom stereocenters. The van der Waals surface area contributed by atoms with Crippen LogP contribution in [0.4, 0.5) is 10.5 Å². The van der Waals surface area contributed by atoms with Crippen molar-refractivity contribution < 1.29 is 28.6 Å². The Morgan fingerprint density at radius 2 is 1.90 bits per heavy atom. The van der Waals surface area contributed by atoms with Gasteiger partial charge in [0, 0.05) is 0 Å². The summed E-state index contributed by atoms with van der Waals surface area (Å²) in [5.41, 5.74) is 1.14. The molecule has 1 heterocycles. The Balaban J connectivity index is 1.88. The molecule has 0 unspecified atom stereocenters. The fourth-order valence-corrected chi connectivity index (χ4v) is 3.99. The molecule has 1 aliphatic rings. The Labute approximate surface area is 179 Å². The third-order valence-corrected chi connectivity index (χ3v) is 5.38. The molecule has 29 heavy (non-hydrogen) atoms. The van der Waals surface area contributed by atoms with Crippen molar-refractivity contribution in [1.29, 1.82) is 0 Å². The van der Waals surface area contributed by atoms with Crippen LogP contribution in [0.5, 0.6) is 11.5 Å². The molecule has 0 aliphatic carbocycles. The van der Waals surface area contributed by atoms with Crippen LogP contribution < -0.4 is 14.4 Å². The van der Waals surface area contributed by atoms with E-state index >= 15 is 0 Å². The number of benzene rings is 2. The van der Waals surface area contributed by atoms with Crippen LogP contribution in [-0.2, 0) is 14.3 Å². The van der Waals surface area contributed by atoms with Crippen molar-refractivity contribution in [3.05, 3.63) is 57.4 Å². The number of hydrogen-bond acceptors (Lipinski definition) is 7. The lowest BCUT2D eigenvalue weighted by molar-refractivity contribution is -0.142. The Morgan fingerprint density at radius 1 is 1.17 bits per heavy atom. The van der Waals surface area contributed by atoms with Gasteiger partial charge >= 0.3 is 5.97 Å². The summed E-state index contributed by atoms with van der Waals surface area (Å²) < 4.78 is 15.9. The molecule has 0 bridgehead atoms. The molecule has 150 valence electrons. The van der Waals surface area contributed by atoms with E-state index in [0.717, 1.165) is 16.7 Å². The van der Waals surface area contributed by atoms with Crippen LogP contribution in [0.25, 0.3) is 6.08 Å². The second-order valence-corrected chi connectivity index (χ2v) is 7.60. The van der Waals surface area contributed by atoms with Crippen molar-refractivity contribution in [2.24, 2.45) is 0 Å². The van der Waals surface area contributed by atoms with Crippen LogP contribution in [0.15, 0.2) is 51.8 Å². The number of carbonyl (C=O) groups excluding carboxylic acids is 3. The molecule has 2 amide bonds. The summed E-state index contributed by atoms with van der Waals surface area (Å²) in [4.78, 5) is 37.8. The van der Waals surface area contributed by atoms with Crippen LogP contribution in [0.1, 0.15) is 5.56 Å². The molecule has 9 heteroatoms. The minimum atomic E-state index is -0.530. The monoisotopic (exact) mass is 477 g/mol. The Hall–Kier alpha value is -2.78. The van der Waals surface area contributed by atoms with E-state index in [9.17, 15) is 14.4 Å². The molecule has 2 aromatic rings. The van der Waals surface area contributed by atoms with E-state index in [0.29, 0.717) is 27.2 Å². The lowest BCUT2D eigenvalue weighted by Crippen LogP contribution is -2.27. The minimum absolute atomic E-state index is 0.277. The maximum atomic E-state index is 12.7. The summed E-state index contributed by atoms with van der Waals surface area (Å²) in [5.74, 6) is -0.242. The number of thioether (sulfide) groups is 1. The molecule has 0 spiro atoms. The van der Waals surface area contributed by atoms with Gasteiger partial charge in [0.2, 0.25) is 0 Å². The van der Waals surface area contributed by atoms with Gasteiger partial charge in [0.1, 0.15) is 0 Å². The summed E-state index contributed by atoms with van der Waals surface area (Å²) in [7, 11) is 2.73. The fraction of sp³-hybridized carbons (Fsp3) is 0.150. The van der Waals surface area contributed by atoms with E-state index in [1.165, 1.54) is 14.2 Å². The Morgan fingerprint density at radius 3 is 2.55 bits per heavy atom. The number of esters is 1. The first-order valence-corrected chi connectivity index (χ1v) is 9.95. The average molecular weight is 478 g/mol. The van der Waals surface area contributed by atoms with Crippen molar-refractivity contribution in [3.8, 4) is 11.5 Å². The number of carbonyl (C=O) groups is 3. The maximum absolute atomic E-state index is 12.7. The number of halogens is 1. The molecule has 3 rings (SSSR count). The molecule has 0 radical (unpaired) electrons. The van der Waals surface area contributed by atoms with Crippen molar-refractivity contribution in [2.75, 3.05) is 25.7 Å². The average Bonchev–Trinajstić information content (AvgIpc) is 3.00. The lowest BCUT2D eigenvalue weighted by atomic mass is 10.1. The number of imide groups is 1. The second-order valence-electron chi connectivity index (χ2n) is 5.75. The van der Waals surface area contributed by atoms with E-state index in [-0.39, 0.29) is 16.8 Å². The van der Waals surface area contributed by atoms with E-state index in [1.807, 2.05) is 6.07 Å². The molecule has 2 aromatic carbocycles. The highest BCUT2D eigenvalue weighted by Crippen LogP contribution is 2.40. The highest BCUT2D eigenvalue weighted by molar-refractivity contribution is 9.10. The SMILES string of the molecule is COC(=O)COc1c(Br)cc(/C=C2\SC(=O)N(c3ccccc3)C2=O)cc1OC. The first-order chi connectivity index (χ1) is 13.9. The van der Waals surface area contributed by atoms with Crippen LogP contribution in [-0.4, -0.2) is 37.9 Å². The van der Waals surface area contributed by atoms with Gasteiger partial charge in [-0.15, -0.1) is 0 Å². The maximum Gasteiger partial charge on any atom is 0.343 e. The van der Waals surface area contributed by atoms with Gasteiger partial charge < -0.3 is 14.2 Å². The van der Waals surface area contributed by atoms with Gasteiger partial charge in [-0.2, -0.15) is 0 Å². The second kappa shape index (κ2) is 9.15. The number of rotatable bonds is 6. The van der Waals surface area contributed by atoms with Gasteiger partial charge in [0.25, 0.3) is 11.1 Å². The quantitative estimate of drug-likeness (QED) is 0.454. The summed E-state index contributed by atoms with van der Waals surface area (Å²) in [6.07, 6.45) is 1.60. The molecule has 0 aromatic heterocycles. The molecule has 1 fully saturated rings. The van der Waals surface area contributed by atoms with E-state index < -0.39 is 11.9 Å². The highest BCUT2D eigenvalue weighted by Gasteiger charge is 2.36. The summed E-state index contributed by atoms with van der Waals surface area (Å²) in [6.45, 7) is -0.277. The first-order valence-electron chi connectivity index (χ1n) is 8.34. The van der Waals surface area contributed by atoms with Crippen molar-refractivity contribution >= 4 is 56.6 Å². The largest absolute Gasteiger partial charge is 0.493 e. The number of methoxy groups -OCH3 is 2. The zero-order valence-electron chi connectivity index (χ0n) is 15.5. The molecule has 0 saturated carbocycles. The standard InChI is InChI=1S/C20H16BrNO6S/c1-26-15-9-12(8-14(21)18(15)28-11-17(23)27-2)10-16-19(24)22(20(25)29-16)13-6-4-3-5-7-13/h3-10H,11H2,1-2H3/b16-10-. The van der Waals surface area contributed by atoms with Crippen LogP contribution in [0, 0.1) is 0 Å². The van der Waals surface area contributed by atoms with Gasteiger partial charge in [-0.25, -0.2) is 9.69 Å². The number of nitrogens with zero attached hydrogens (tertiary/aromatic N) is 1. The summed E-state index contributed by atoms with van der Waals surface area (Å²) >= 11 is 4.24. The summed E-state index contributed by atoms with van der Waals surface area (Å²) in [6, 6.07) is 12.1. The predicted octanol–water partition coefficient (Wildman–Crippen LogP) is 4.25. The smallest absolute Gasteiger partial charge is 0.343 e. The topological polar surface area (TPSA) is 82.1 Å². The third kappa shape index (κ3) is 4.63. The normalized spacial score (nSPS) is 15.0. The third-order valence-electron chi connectivity index (χ3n) is 3.92. The molecular weight excluding hydrogens is 462 g/mol. The lowest BCUT2D eigenvalue weighted by Gasteiger charge is -2.13. The number of ether oxygens (including phenoxy) is 3. The summed E-state index contributed by atoms with van der Waals surface area (Å²) in [5, 5.41) is -0.364. The van der Waals surface area contributed by atoms with Gasteiger partial charge in [-0.05, 0) is 63.6 Å². The molecule has 1 aliphatic heterocycles. The molecule has 1 saturated heterocycles. The number of amides is 2. The van der Waals surface area contributed by atoms with Gasteiger partial charge in [0.15, 0.2) is 18.1 Å². The number of anilines is 1. The Kier molecular flexibility index (Phi) is 6.60. The Bertz CT molecular complexity index is 992. The van der Waals surface area contributed by atoms with Crippen LogP contribution in [0.2, 0.25) is 0 Å². The van der Waals surface area contributed by atoms with Crippen LogP contribution >= 0.6 is 27.7 Å². The molecule has 7 nitrogen and oxygen atoms in total. The van der Waals surface area contributed by atoms with Gasteiger partial charge in [-0.3, -0.25) is 9.59 Å². The van der Waals surface area contributed by atoms with E-state index in [4.69, 9.17) is 9.47 Å². The minimum Gasteiger partial charge on any atom is -0.493 e. The van der Waals surface area contributed by atoms with E-state index in [1.54, 1.807) is 42.5 Å². The van der Waals surface area contributed by atoms with Crippen molar-refractivity contribution in [3.63, 3.8) is 0 Å². The molecule has 0 N–H and O–H groups in total. The fourth-order valence-electron chi connectivity index (χ4n) is 2.57. The highest BCUT2D eigenvalue weighted by atomic mass is 79.9. The van der Waals surface area contributed by atoms with Crippen molar-refractivity contribution in [1.82, 2.24) is 0 Å². The number of hydrogen-bond donors (Lipinski definition) is 0. The zero-order valence-corrected chi connectivity index (χ0v) is 17.9. The van der Waals surface area contributed by atoms with Gasteiger partial charge in [-0.1, -0.05) is 18.2 Å².